The van der Waals surface area contributed by atoms with Gasteiger partial charge in [0, 0.05) is 43.6 Å². The number of hydrogen-bond donors (Lipinski definition) is 1. The molecule has 1 aromatic rings. The minimum Gasteiger partial charge on any atom is -0.370 e. The van der Waals surface area contributed by atoms with Crippen molar-refractivity contribution in [1.82, 2.24) is 5.32 Å². The van der Waals surface area contributed by atoms with Crippen LogP contribution in [0.3, 0.4) is 0 Å². The summed E-state index contributed by atoms with van der Waals surface area (Å²) in [6.07, 6.45) is 1.57. The van der Waals surface area contributed by atoms with E-state index in [0.29, 0.717) is 32.4 Å². The Morgan fingerprint density at radius 2 is 1.67 bits per heavy atom. The van der Waals surface area contributed by atoms with E-state index >= 15 is 0 Å². The van der Waals surface area contributed by atoms with Crippen LogP contribution in [-0.2, 0) is 24.6 Å². The molecule has 2 fully saturated rings. The van der Waals surface area contributed by atoms with Gasteiger partial charge in [-0.25, -0.2) is 0 Å². The van der Waals surface area contributed by atoms with Gasteiger partial charge in [-0.15, -0.1) is 0 Å². The van der Waals surface area contributed by atoms with Gasteiger partial charge >= 0.3 is 0 Å². The van der Waals surface area contributed by atoms with Crippen LogP contribution in [0.4, 0.5) is 11.4 Å². The van der Waals surface area contributed by atoms with Crippen LogP contribution in [-0.4, -0.2) is 42.6 Å². The number of fused-ring (bicyclic) bond motifs is 1. The van der Waals surface area contributed by atoms with E-state index in [0.717, 1.165) is 16.9 Å². The van der Waals surface area contributed by atoms with Crippen molar-refractivity contribution in [3.63, 3.8) is 0 Å². The minimum atomic E-state index is -0.783. The molecule has 7 nitrogen and oxygen atoms in total. The SMILES string of the molecule is CC1(C)C(=O)N(C2CCC(=O)NC2=O)c2cccc(N3CCC(=O)CC3)c21. The lowest BCUT2D eigenvalue weighted by Gasteiger charge is -2.32. The maximum atomic E-state index is 13.3. The lowest BCUT2D eigenvalue weighted by molar-refractivity contribution is -0.136. The first-order valence-corrected chi connectivity index (χ1v) is 9.38. The number of nitrogens with zero attached hydrogens (tertiary/aromatic N) is 2. The molecule has 3 amide bonds. The number of carbonyl (C=O) groups excluding carboxylic acids is 4. The van der Waals surface area contributed by atoms with Gasteiger partial charge < -0.3 is 4.90 Å². The first-order chi connectivity index (χ1) is 12.8. The van der Waals surface area contributed by atoms with Crippen molar-refractivity contribution in [1.29, 1.82) is 0 Å². The molecule has 27 heavy (non-hydrogen) atoms. The zero-order valence-electron chi connectivity index (χ0n) is 15.6. The van der Waals surface area contributed by atoms with Crippen LogP contribution in [0, 0.1) is 0 Å². The van der Waals surface area contributed by atoms with E-state index in [2.05, 4.69) is 10.2 Å². The molecule has 7 heteroatoms. The van der Waals surface area contributed by atoms with Gasteiger partial charge in [0.15, 0.2) is 0 Å². The third-order valence-electron chi connectivity index (χ3n) is 5.84. The normalized spacial score (nSPS) is 24.9. The lowest BCUT2D eigenvalue weighted by Crippen LogP contribution is -2.55. The van der Waals surface area contributed by atoms with Crippen molar-refractivity contribution in [2.75, 3.05) is 22.9 Å². The summed E-state index contributed by atoms with van der Waals surface area (Å²) in [6.45, 7) is 5.02. The van der Waals surface area contributed by atoms with Crippen molar-refractivity contribution in [3.8, 4) is 0 Å². The fraction of sp³-hybridized carbons (Fsp3) is 0.500. The molecule has 1 aromatic carbocycles. The topological polar surface area (TPSA) is 86.8 Å². The molecule has 3 aliphatic heterocycles. The molecule has 0 aliphatic carbocycles. The van der Waals surface area contributed by atoms with Gasteiger partial charge in [-0.2, -0.15) is 0 Å². The van der Waals surface area contributed by atoms with E-state index in [1.807, 2.05) is 32.0 Å². The van der Waals surface area contributed by atoms with E-state index in [1.54, 1.807) is 4.90 Å². The van der Waals surface area contributed by atoms with E-state index in [-0.39, 0.29) is 24.0 Å². The summed E-state index contributed by atoms with van der Waals surface area (Å²) in [5, 5.41) is 2.35. The summed E-state index contributed by atoms with van der Waals surface area (Å²) in [5.41, 5.74) is 1.80. The van der Waals surface area contributed by atoms with Gasteiger partial charge in [0.05, 0.1) is 11.1 Å². The molecular formula is C20H23N3O4. The fourth-order valence-electron chi connectivity index (χ4n) is 4.39. The van der Waals surface area contributed by atoms with E-state index < -0.39 is 17.4 Å². The molecule has 0 bridgehead atoms. The number of Topliss-reactive ketones (excluding diaryl/α,β-unsaturated/α-hetero) is 1. The highest BCUT2D eigenvalue weighted by Gasteiger charge is 2.50. The van der Waals surface area contributed by atoms with Crippen LogP contribution in [0.25, 0.3) is 0 Å². The molecule has 4 rings (SSSR count). The zero-order valence-corrected chi connectivity index (χ0v) is 15.6. The van der Waals surface area contributed by atoms with E-state index in [4.69, 9.17) is 0 Å². The van der Waals surface area contributed by atoms with E-state index in [1.165, 1.54) is 0 Å². The number of amides is 3. The highest BCUT2D eigenvalue weighted by atomic mass is 16.2. The second-order valence-electron chi connectivity index (χ2n) is 7.96. The van der Waals surface area contributed by atoms with E-state index in [9.17, 15) is 19.2 Å². The molecule has 1 unspecified atom stereocenters. The van der Waals surface area contributed by atoms with Crippen molar-refractivity contribution >= 4 is 34.9 Å². The number of piperidine rings is 2. The van der Waals surface area contributed by atoms with Crippen molar-refractivity contribution < 1.29 is 19.2 Å². The van der Waals surface area contributed by atoms with Crippen LogP contribution >= 0.6 is 0 Å². The molecule has 3 heterocycles. The number of ketones is 1. The number of nitrogens with one attached hydrogen (secondary N) is 1. The fourth-order valence-corrected chi connectivity index (χ4v) is 4.39. The Morgan fingerprint density at radius 3 is 2.33 bits per heavy atom. The maximum absolute atomic E-state index is 13.3. The third kappa shape index (κ3) is 2.72. The highest BCUT2D eigenvalue weighted by Crippen LogP contribution is 2.48. The highest BCUT2D eigenvalue weighted by molar-refractivity contribution is 6.14. The quantitative estimate of drug-likeness (QED) is 0.794. The first-order valence-electron chi connectivity index (χ1n) is 9.38. The molecule has 2 saturated heterocycles. The summed E-state index contributed by atoms with van der Waals surface area (Å²) in [4.78, 5) is 52.5. The molecule has 1 N–H and O–H groups in total. The average Bonchev–Trinajstić information content (AvgIpc) is 2.83. The second kappa shape index (κ2) is 6.18. The van der Waals surface area contributed by atoms with Gasteiger partial charge in [0.2, 0.25) is 17.7 Å². The monoisotopic (exact) mass is 369 g/mol. The zero-order chi connectivity index (χ0) is 19.3. The Balaban J connectivity index is 1.77. The van der Waals surface area contributed by atoms with Gasteiger partial charge in [-0.3, -0.25) is 29.4 Å². The number of rotatable bonds is 2. The summed E-state index contributed by atoms with van der Waals surface area (Å²) < 4.78 is 0. The molecule has 142 valence electrons. The molecule has 3 aliphatic rings. The van der Waals surface area contributed by atoms with Crippen LogP contribution in [0.1, 0.15) is 45.1 Å². The number of carbonyl (C=O) groups is 4. The van der Waals surface area contributed by atoms with Crippen LogP contribution in [0.15, 0.2) is 18.2 Å². The Hall–Kier alpha value is -2.70. The third-order valence-corrected chi connectivity index (χ3v) is 5.84. The molecule has 0 saturated carbocycles. The number of anilines is 2. The van der Waals surface area contributed by atoms with Gasteiger partial charge in [-0.1, -0.05) is 6.07 Å². The summed E-state index contributed by atoms with van der Waals surface area (Å²) >= 11 is 0. The Morgan fingerprint density at radius 1 is 1.00 bits per heavy atom. The Labute approximate surface area is 157 Å². The summed E-state index contributed by atoms with van der Waals surface area (Å²) in [5.74, 6) is -0.585. The Kier molecular flexibility index (Phi) is 4.05. The molecular weight excluding hydrogens is 346 g/mol. The molecule has 0 spiro atoms. The Bertz CT molecular complexity index is 851. The van der Waals surface area contributed by atoms with Crippen molar-refractivity contribution in [2.45, 2.75) is 51.0 Å². The predicted octanol–water partition coefficient (Wildman–Crippen LogP) is 1.29. The van der Waals surface area contributed by atoms with Gasteiger partial charge in [0.25, 0.3) is 0 Å². The van der Waals surface area contributed by atoms with Gasteiger partial charge in [-0.05, 0) is 32.4 Å². The van der Waals surface area contributed by atoms with Crippen LogP contribution in [0.5, 0.6) is 0 Å². The number of hydrogen-bond acceptors (Lipinski definition) is 5. The number of imide groups is 1. The lowest BCUT2D eigenvalue weighted by atomic mass is 9.84. The van der Waals surface area contributed by atoms with Crippen LogP contribution < -0.4 is 15.1 Å². The van der Waals surface area contributed by atoms with Crippen molar-refractivity contribution in [2.24, 2.45) is 0 Å². The van der Waals surface area contributed by atoms with Crippen LogP contribution in [0.2, 0.25) is 0 Å². The maximum Gasteiger partial charge on any atom is 0.249 e. The number of benzene rings is 1. The molecule has 1 atom stereocenters. The second-order valence-corrected chi connectivity index (χ2v) is 7.96. The van der Waals surface area contributed by atoms with Gasteiger partial charge in [0.1, 0.15) is 11.8 Å². The van der Waals surface area contributed by atoms with Crippen molar-refractivity contribution in [3.05, 3.63) is 23.8 Å². The molecule has 0 radical (unpaired) electrons. The largest absolute Gasteiger partial charge is 0.370 e. The predicted molar refractivity (Wildman–Crippen MR) is 99.6 cm³/mol. The average molecular weight is 369 g/mol. The summed E-state index contributed by atoms with van der Waals surface area (Å²) in [6, 6.07) is 5.06. The minimum absolute atomic E-state index is 0.132. The standard InChI is InChI=1S/C20H23N3O4/c1-20(2)17-13(22-10-8-12(24)9-11-22)4-3-5-14(17)23(19(20)27)15-6-7-16(25)21-18(15)26/h3-5,15H,6-11H2,1-2H3,(H,21,25,26). The summed E-state index contributed by atoms with van der Waals surface area (Å²) in [7, 11) is 0. The smallest absolute Gasteiger partial charge is 0.249 e. The first kappa shape index (κ1) is 17.7. The molecule has 0 aromatic heterocycles.